The largest absolute Gasteiger partial charge is 0.487 e. The summed E-state index contributed by atoms with van der Waals surface area (Å²) in [7, 11) is 0. The maximum Gasteiger partial charge on any atom is 0.330 e. The summed E-state index contributed by atoms with van der Waals surface area (Å²) in [4.78, 5) is 20.4. The van der Waals surface area contributed by atoms with Crippen LogP contribution < -0.4 is 4.74 Å². The Balaban J connectivity index is 1.38. The zero-order valence-electron chi connectivity index (χ0n) is 16.6. The highest BCUT2D eigenvalue weighted by Crippen LogP contribution is 2.16. The minimum absolute atomic E-state index is 0.341. The molecule has 0 amide bonds. The van der Waals surface area contributed by atoms with E-state index in [0.29, 0.717) is 13.2 Å². The molecule has 5 nitrogen and oxygen atoms in total. The summed E-state index contributed by atoms with van der Waals surface area (Å²) in [5.41, 5.74) is 4.13. The van der Waals surface area contributed by atoms with E-state index in [-0.39, 0.29) is 5.97 Å². The maximum atomic E-state index is 11.9. The lowest BCUT2D eigenvalue weighted by Gasteiger charge is -2.05. The van der Waals surface area contributed by atoms with Crippen molar-refractivity contribution in [2.45, 2.75) is 33.3 Å². The predicted octanol–water partition coefficient (Wildman–Crippen LogP) is 4.92. The third-order valence-electron chi connectivity index (χ3n) is 4.13. The van der Waals surface area contributed by atoms with Crippen LogP contribution >= 0.6 is 11.3 Å². The molecule has 0 atom stereocenters. The number of aromatic nitrogens is 2. The first-order valence-electron chi connectivity index (χ1n) is 9.48. The molecule has 0 radical (unpaired) electrons. The van der Waals surface area contributed by atoms with Crippen LogP contribution in [-0.2, 0) is 22.6 Å². The van der Waals surface area contributed by atoms with E-state index in [0.717, 1.165) is 46.0 Å². The van der Waals surface area contributed by atoms with Crippen LogP contribution in [0.15, 0.2) is 54.2 Å². The standard InChI is InChI=1S/C23H24N2O3S/c1-17-12-20(14-24-13-17)4-3-11-27-23(26)10-7-19-5-8-22(9-6-19)28-15-21-16-29-18(2)25-21/h5-10,12-14,16H,3-4,11,15H2,1-2H3/b10-7+. The van der Waals surface area contributed by atoms with Crippen LogP contribution in [-0.4, -0.2) is 22.5 Å². The van der Waals surface area contributed by atoms with Crippen LogP contribution in [0.1, 0.15) is 33.8 Å². The molecule has 0 aliphatic rings. The molecule has 2 heterocycles. The summed E-state index contributed by atoms with van der Waals surface area (Å²) in [5.74, 6) is 0.424. The van der Waals surface area contributed by atoms with Gasteiger partial charge in [-0.05, 0) is 61.6 Å². The van der Waals surface area contributed by atoms with Crippen LogP contribution in [0.25, 0.3) is 6.08 Å². The van der Waals surface area contributed by atoms with E-state index in [2.05, 4.69) is 16.0 Å². The molecule has 3 rings (SSSR count). The summed E-state index contributed by atoms with van der Waals surface area (Å²) < 4.78 is 11.0. The molecule has 0 aliphatic carbocycles. The molecule has 2 aromatic heterocycles. The predicted molar refractivity (Wildman–Crippen MR) is 115 cm³/mol. The number of ether oxygens (including phenoxy) is 2. The van der Waals surface area contributed by atoms with E-state index >= 15 is 0 Å². The van der Waals surface area contributed by atoms with Gasteiger partial charge in [-0.1, -0.05) is 18.2 Å². The number of carbonyl (C=O) groups excluding carboxylic acids is 1. The number of pyridine rings is 1. The second-order valence-electron chi connectivity index (χ2n) is 6.69. The summed E-state index contributed by atoms with van der Waals surface area (Å²) in [6, 6.07) is 9.65. The van der Waals surface area contributed by atoms with E-state index in [1.807, 2.05) is 55.9 Å². The van der Waals surface area contributed by atoms with Crippen molar-refractivity contribution in [3.63, 3.8) is 0 Å². The maximum absolute atomic E-state index is 11.9. The van der Waals surface area contributed by atoms with Crippen molar-refractivity contribution >= 4 is 23.4 Å². The second-order valence-corrected chi connectivity index (χ2v) is 7.75. The van der Waals surface area contributed by atoms with Crippen LogP contribution in [0.4, 0.5) is 0 Å². The molecule has 0 bridgehead atoms. The monoisotopic (exact) mass is 408 g/mol. The minimum atomic E-state index is -0.341. The average Bonchev–Trinajstić information content (AvgIpc) is 3.14. The molecule has 0 fully saturated rings. The molecule has 29 heavy (non-hydrogen) atoms. The molecule has 6 heteroatoms. The molecule has 0 unspecified atom stereocenters. The van der Waals surface area contributed by atoms with Crippen LogP contribution in [0.2, 0.25) is 0 Å². The van der Waals surface area contributed by atoms with Crippen molar-refractivity contribution in [2.24, 2.45) is 0 Å². The Hall–Kier alpha value is -2.99. The van der Waals surface area contributed by atoms with Gasteiger partial charge in [-0.3, -0.25) is 4.98 Å². The van der Waals surface area contributed by atoms with Crippen molar-refractivity contribution in [3.8, 4) is 5.75 Å². The Labute approximate surface area is 175 Å². The number of aryl methyl sites for hydroxylation is 3. The number of esters is 1. The van der Waals surface area contributed by atoms with E-state index in [1.165, 1.54) is 6.08 Å². The molecule has 1 aromatic carbocycles. The normalized spacial score (nSPS) is 11.0. The zero-order valence-corrected chi connectivity index (χ0v) is 17.4. The van der Waals surface area contributed by atoms with Gasteiger partial charge in [0.1, 0.15) is 12.4 Å². The number of thiazole rings is 1. The van der Waals surface area contributed by atoms with Gasteiger partial charge in [0.05, 0.1) is 17.3 Å². The molecule has 3 aromatic rings. The van der Waals surface area contributed by atoms with Gasteiger partial charge in [-0.15, -0.1) is 11.3 Å². The number of rotatable bonds is 9. The quantitative estimate of drug-likeness (QED) is 0.286. The van der Waals surface area contributed by atoms with Gasteiger partial charge < -0.3 is 9.47 Å². The summed E-state index contributed by atoms with van der Waals surface area (Å²) >= 11 is 1.61. The molecule has 0 N–H and O–H groups in total. The number of hydrogen-bond donors (Lipinski definition) is 0. The minimum Gasteiger partial charge on any atom is -0.487 e. The van der Waals surface area contributed by atoms with Crippen LogP contribution in [0.3, 0.4) is 0 Å². The van der Waals surface area contributed by atoms with Crippen LogP contribution in [0.5, 0.6) is 5.75 Å². The number of hydrogen-bond acceptors (Lipinski definition) is 6. The molecule has 0 saturated heterocycles. The van der Waals surface area contributed by atoms with Gasteiger partial charge in [0.25, 0.3) is 0 Å². The fraction of sp³-hybridized carbons (Fsp3) is 0.261. The highest BCUT2D eigenvalue weighted by atomic mass is 32.1. The SMILES string of the molecule is Cc1cncc(CCCOC(=O)/C=C/c2ccc(OCc3csc(C)n3)cc2)c1. The summed E-state index contributed by atoms with van der Waals surface area (Å²) in [5, 5.41) is 3.03. The van der Waals surface area contributed by atoms with Gasteiger partial charge in [-0.25, -0.2) is 9.78 Å². The first-order chi connectivity index (χ1) is 14.1. The lowest BCUT2D eigenvalue weighted by atomic mass is 10.1. The van der Waals surface area contributed by atoms with Gasteiger partial charge in [-0.2, -0.15) is 0 Å². The van der Waals surface area contributed by atoms with Crippen molar-refractivity contribution in [3.05, 3.63) is 81.6 Å². The molecule has 0 saturated carbocycles. The Kier molecular flexibility index (Phi) is 7.53. The highest BCUT2D eigenvalue weighted by Gasteiger charge is 2.01. The topological polar surface area (TPSA) is 61.3 Å². The van der Waals surface area contributed by atoms with Gasteiger partial charge in [0.2, 0.25) is 0 Å². The van der Waals surface area contributed by atoms with Gasteiger partial charge >= 0.3 is 5.97 Å². The average molecular weight is 409 g/mol. The second kappa shape index (κ2) is 10.5. The third-order valence-corrected chi connectivity index (χ3v) is 4.95. The molecule has 0 spiro atoms. The Morgan fingerprint density at radius 2 is 2.00 bits per heavy atom. The zero-order chi connectivity index (χ0) is 20.5. The third kappa shape index (κ3) is 7.16. The molecule has 0 aliphatic heterocycles. The Bertz CT molecular complexity index is 964. The van der Waals surface area contributed by atoms with E-state index < -0.39 is 0 Å². The molecule has 150 valence electrons. The number of nitrogens with zero attached hydrogens (tertiary/aromatic N) is 2. The number of carbonyl (C=O) groups is 1. The highest BCUT2D eigenvalue weighted by molar-refractivity contribution is 7.09. The van der Waals surface area contributed by atoms with Crippen molar-refractivity contribution < 1.29 is 14.3 Å². The molecular formula is C23H24N2O3S. The van der Waals surface area contributed by atoms with Gasteiger partial charge in [0.15, 0.2) is 0 Å². The number of benzene rings is 1. The van der Waals surface area contributed by atoms with E-state index in [1.54, 1.807) is 17.4 Å². The summed E-state index contributed by atoms with van der Waals surface area (Å²) in [6.45, 7) is 4.83. The smallest absolute Gasteiger partial charge is 0.330 e. The van der Waals surface area contributed by atoms with Crippen LogP contribution in [0, 0.1) is 13.8 Å². The molecular weight excluding hydrogens is 384 g/mol. The Morgan fingerprint density at radius 1 is 1.17 bits per heavy atom. The van der Waals surface area contributed by atoms with E-state index in [4.69, 9.17) is 9.47 Å². The Morgan fingerprint density at radius 3 is 2.72 bits per heavy atom. The van der Waals surface area contributed by atoms with Crippen molar-refractivity contribution in [1.82, 2.24) is 9.97 Å². The fourth-order valence-corrected chi connectivity index (χ4v) is 3.32. The summed E-state index contributed by atoms with van der Waals surface area (Å²) in [6.07, 6.45) is 8.47. The fourth-order valence-electron chi connectivity index (χ4n) is 2.72. The van der Waals surface area contributed by atoms with E-state index in [9.17, 15) is 4.79 Å². The lowest BCUT2D eigenvalue weighted by Crippen LogP contribution is -2.03. The lowest BCUT2D eigenvalue weighted by molar-refractivity contribution is -0.137. The first kappa shape index (κ1) is 20.7. The van der Waals surface area contributed by atoms with Crippen molar-refractivity contribution in [2.75, 3.05) is 6.61 Å². The van der Waals surface area contributed by atoms with Crippen molar-refractivity contribution in [1.29, 1.82) is 0 Å². The first-order valence-corrected chi connectivity index (χ1v) is 10.4. The van der Waals surface area contributed by atoms with Gasteiger partial charge in [0, 0.05) is 23.8 Å².